The number of rotatable bonds is 21. The van der Waals surface area contributed by atoms with Gasteiger partial charge in [0.05, 0.1) is 21.2 Å². The summed E-state index contributed by atoms with van der Waals surface area (Å²) >= 11 is 5.61. The number of aryl methyl sites for hydroxylation is 1. The average Bonchev–Trinajstić information content (AvgIpc) is 3.27. The van der Waals surface area contributed by atoms with Gasteiger partial charge in [0.15, 0.2) is 0 Å². The highest BCUT2D eigenvalue weighted by Crippen LogP contribution is 2.25. The second-order valence-electron chi connectivity index (χ2n) is 10.7. The van der Waals surface area contributed by atoms with Crippen LogP contribution in [0.1, 0.15) is 122 Å². The van der Waals surface area contributed by atoms with Gasteiger partial charge in [-0.3, -0.25) is 9.11 Å². The fraction of sp³-hybridized carbons (Fsp3) is 0.714. The molecule has 0 bridgehead atoms. The maximum atomic E-state index is 11.8. The normalized spacial score (nSPS) is 13.2. The van der Waals surface area contributed by atoms with Crippen molar-refractivity contribution in [3.05, 3.63) is 23.5 Å². The number of hydrogen-bond acceptors (Lipinski definition) is 6. The summed E-state index contributed by atoms with van der Waals surface area (Å²) < 4.78 is 65.1. The van der Waals surface area contributed by atoms with Crippen LogP contribution in [0.3, 0.4) is 0 Å². The monoisotopic (exact) mass is 602 g/mol. The van der Waals surface area contributed by atoms with Gasteiger partial charge < -0.3 is 4.98 Å². The van der Waals surface area contributed by atoms with E-state index in [0.717, 1.165) is 24.1 Å². The Morgan fingerprint density at radius 2 is 1.44 bits per heavy atom. The van der Waals surface area contributed by atoms with Gasteiger partial charge in [-0.05, 0) is 48.7 Å². The second kappa shape index (κ2) is 16.8. The van der Waals surface area contributed by atoms with Crippen LogP contribution in [0.2, 0.25) is 0 Å². The summed E-state index contributed by atoms with van der Waals surface area (Å²) in [6, 6.07) is 2.71. The van der Waals surface area contributed by atoms with Crippen LogP contribution in [0.4, 0.5) is 0 Å². The molecule has 1 aromatic carbocycles. The first-order chi connectivity index (χ1) is 18.4. The minimum Gasteiger partial charge on any atom is -0.342 e. The number of nitrogens with one attached hydrogen (secondary N) is 1. The van der Waals surface area contributed by atoms with Crippen molar-refractivity contribution < 1.29 is 25.9 Å². The van der Waals surface area contributed by atoms with Gasteiger partial charge in [0.1, 0.15) is 5.82 Å². The number of H-pyrrole nitrogens is 1. The number of fused-ring (bicyclic) bond motifs is 1. The van der Waals surface area contributed by atoms with E-state index in [2.05, 4.69) is 16.9 Å². The number of nitrogens with zero attached hydrogens (tertiary/aromatic N) is 1. The Kier molecular flexibility index (Phi) is 14.5. The molecule has 3 N–H and O–H groups in total. The van der Waals surface area contributed by atoms with Crippen LogP contribution in [0.15, 0.2) is 17.0 Å². The lowest BCUT2D eigenvalue weighted by Gasteiger charge is -2.07. The first-order valence-electron chi connectivity index (χ1n) is 14.4. The Labute approximate surface area is 240 Å². The lowest BCUT2D eigenvalue weighted by molar-refractivity contribution is 0.465. The van der Waals surface area contributed by atoms with Gasteiger partial charge in [-0.25, -0.2) is 4.98 Å². The average molecular weight is 603 g/mol. The molecule has 39 heavy (non-hydrogen) atoms. The zero-order valence-corrected chi connectivity index (χ0v) is 25.9. The lowest BCUT2D eigenvalue weighted by Crippen LogP contribution is -2.17. The molecule has 2 rings (SSSR count). The Balaban J connectivity index is 1.83. The maximum absolute atomic E-state index is 11.8. The topological polar surface area (TPSA) is 137 Å². The number of thiocarbonyl (C=S) groups is 1. The Morgan fingerprint density at radius 3 is 1.95 bits per heavy atom. The molecule has 0 spiro atoms. The molecule has 1 aromatic heterocycles. The van der Waals surface area contributed by atoms with Crippen molar-refractivity contribution in [3.63, 3.8) is 0 Å². The van der Waals surface area contributed by atoms with Crippen LogP contribution in [0.5, 0.6) is 0 Å². The SMILES string of the molecule is CCCCCCCCCCCCCCCC(=S)Cc1cc(S(=O)(=O)O)cc2[nH]c(CCC(C)S(=O)(=O)O)nc12. The van der Waals surface area contributed by atoms with E-state index in [1.165, 1.54) is 89.7 Å². The van der Waals surface area contributed by atoms with Gasteiger partial charge in [0, 0.05) is 12.8 Å². The zero-order valence-electron chi connectivity index (χ0n) is 23.5. The van der Waals surface area contributed by atoms with Gasteiger partial charge >= 0.3 is 0 Å². The van der Waals surface area contributed by atoms with Crippen molar-refractivity contribution >= 4 is 48.4 Å². The van der Waals surface area contributed by atoms with Crippen LogP contribution in [0.25, 0.3) is 11.0 Å². The molecular formula is C28H46N2O6S3. The van der Waals surface area contributed by atoms with Gasteiger partial charge in [0.2, 0.25) is 0 Å². The van der Waals surface area contributed by atoms with Crippen LogP contribution in [-0.4, -0.2) is 46.0 Å². The first kappa shape index (κ1) is 33.8. The highest BCUT2D eigenvalue weighted by atomic mass is 32.2. The van der Waals surface area contributed by atoms with E-state index in [1.807, 2.05) is 0 Å². The first-order valence-corrected chi connectivity index (χ1v) is 17.7. The molecule has 0 amide bonds. The molecule has 1 atom stereocenters. The van der Waals surface area contributed by atoms with Crippen LogP contribution in [0, 0.1) is 0 Å². The quantitative estimate of drug-likeness (QED) is 0.0763. The maximum Gasteiger partial charge on any atom is 0.294 e. The van der Waals surface area contributed by atoms with E-state index in [-0.39, 0.29) is 17.7 Å². The van der Waals surface area contributed by atoms with Crippen molar-refractivity contribution in [2.24, 2.45) is 0 Å². The van der Waals surface area contributed by atoms with Crippen molar-refractivity contribution in [1.82, 2.24) is 9.97 Å². The Hall–Kier alpha value is -1.40. The number of unbranched alkanes of at least 4 members (excludes halogenated alkanes) is 12. The molecule has 8 nitrogen and oxygen atoms in total. The van der Waals surface area contributed by atoms with E-state index in [0.29, 0.717) is 28.8 Å². The highest BCUT2D eigenvalue weighted by molar-refractivity contribution is 7.86. The fourth-order valence-electron chi connectivity index (χ4n) is 4.74. The minimum atomic E-state index is -4.43. The van der Waals surface area contributed by atoms with E-state index in [9.17, 15) is 25.9 Å². The largest absolute Gasteiger partial charge is 0.342 e. The van der Waals surface area contributed by atoms with Crippen LogP contribution < -0.4 is 0 Å². The summed E-state index contributed by atoms with van der Waals surface area (Å²) in [4.78, 5) is 8.12. The third-order valence-electron chi connectivity index (χ3n) is 7.23. The molecule has 2 aromatic rings. The molecule has 0 aliphatic heterocycles. The number of imidazole rings is 1. The number of benzene rings is 1. The van der Waals surface area contributed by atoms with Crippen LogP contribution in [-0.2, 0) is 33.1 Å². The van der Waals surface area contributed by atoms with E-state index < -0.39 is 25.5 Å². The molecular weight excluding hydrogens is 557 g/mol. The predicted octanol–water partition coefficient (Wildman–Crippen LogP) is 7.41. The Bertz CT molecular complexity index is 1260. The molecule has 222 valence electrons. The summed E-state index contributed by atoms with van der Waals surface area (Å²) in [5, 5.41) is -0.952. The molecule has 0 saturated carbocycles. The summed E-state index contributed by atoms with van der Waals surface area (Å²) in [6.45, 7) is 3.66. The van der Waals surface area contributed by atoms with Crippen molar-refractivity contribution in [3.8, 4) is 0 Å². The summed E-state index contributed by atoms with van der Waals surface area (Å²) in [5.41, 5.74) is 1.58. The lowest BCUT2D eigenvalue weighted by atomic mass is 10.0. The standard InChI is InChI=1S/C28H46N2O6S3/c1-3-4-5-6-7-8-9-10-11-12-13-14-15-16-24(37)19-23-20-25(39(34,35)36)21-26-28(23)30-27(29-26)18-17-22(2)38(31,32)33/h20-22H,3-19H2,1-2H3,(H,29,30)(H,31,32,33)(H,34,35,36). The van der Waals surface area contributed by atoms with Gasteiger partial charge in [-0.1, -0.05) is 96.2 Å². The van der Waals surface area contributed by atoms with Crippen molar-refractivity contribution in [2.75, 3.05) is 0 Å². The summed E-state index contributed by atoms with van der Waals surface area (Å²) in [6.07, 6.45) is 18.1. The second-order valence-corrected chi connectivity index (χ2v) is 14.5. The van der Waals surface area contributed by atoms with Gasteiger partial charge in [-0.2, -0.15) is 16.8 Å². The van der Waals surface area contributed by atoms with E-state index in [1.54, 1.807) is 0 Å². The number of aromatic nitrogens is 2. The van der Waals surface area contributed by atoms with Crippen molar-refractivity contribution in [1.29, 1.82) is 0 Å². The zero-order chi connectivity index (χ0) is 28.9. The molecule has 1 heterocycles. The highest BCUT2D eigenvalue weighted by Gasteiger charge is 2.20. The molecule has 0 saturated heterocycles. The fourth-order valence-corrected chi connectivity index (χ4v) is 6.02. The van der Waals surface area contributed by atoms with E-state index >= 15 is 0 Å². The third-order valence-corrected chi connectivity index (χ3v) is 9.66. The van der Waals surface area contributed by atoms with E-state index in [4.69, 9.17) is 12.2 Å². The predicted molar refractivity (Wildman–Crippen MR) is 162 cm³/mol. The molecule has 0 aliphatic rings. The van der Waals surface area contributed by atoms with Gasteiger partial charge in [-0.15, -0.1) is 0 Å². The van der Waals surface area contributed by atoms with Crippen molar-refractivity contribution in [2.45, 2.75) is 133 Å². The minimum absolute atomic E-state index is 0.149. The molecule has 0 fully saturated rings. The van der Waals surface area contributed by atoms with Gasteiger partial charge in [0.25, 0.3) is 20.2 Å². The molecule has 0 radical (unpaired) electrons. The summed E-state index contributed by atoms with van der Waals surface area (Å²) in [5.74, 6) is 0.469. The molecule has 11 heteroatoms. The third kappa shape index (κ3) is 12.8. The molecule has 1 unspecified atom stereocenters. The number of aromatic amines is 1. The van der Waals surface area contributed by atoms with Crippen LogP contribution >= 0.6 is 12.2 Å². The smallest absolute Gasteiger partial charge is 0.294 e. The Morgan fingerprint density at radius 1 is 0.897 bits per heavy atom. The molecule has 0 aliphatic carbocycles. The number of hydrogen-bond donors (Lipinski definition) is 3. The summed E-state index contributed by atoms with van der Waals surface area (Å²) in [7, 11) is -8.58.